The van der Waals surface area contributed by atoms with Crippen molar-refractivity contribution >= 4 is 27.5 Å². The summed E-state index contributed by atoms with van der Waals surface area (Å²) in [6, 6.07) is 25.3. The van der Waals surface area contributed by atoms with Crippen LogP contribution in [-0.4, -0.2) is 50.5 Å². The summed E-state index contributed by atoms with van der Waals surface area (Å²) < 4.78 is 26.8. The molecule has 3 aromatic carbocycles. The van der Waals surface area contributed by atoms with E-state index in [1.807, 2.05) is 79.7 Å². The van der Waals surface area contributed by atoms with Gasteiger partial charge in [-0.1, -0.05) is 86.6 Å². The number of nitrogens with zero attached hydrogens (tertiary/aromatic N) is 2. The second-order valence-electron chi connectivity index (χ2n) is 9.62. The molecule has 3 rings (SSSR count). The Labute approximate surface area is 226 Å². The van der Waals surface area contributed by atoms with Crippen molar-refractivity contribution in [1.29, 1.82) is 0 Å². The zero-order valence-corrected chi connectivity index (χ0v) is 23.3. The van der Waals surface area contributed by atoms with Crippen LogP contribution in [0.1, 0.15) is 43.4 Å². The molecule has 8 heteroatoms. The zero-order chi connectivity index (χ0) is 27.7. The van der Waals surface area contributed by atoms with Gasteiger partial charge in [-0.15, -0.1) is 0 Å². The van der Waals surface area contributed by atoms with Crippen LogP contribution in [0.15, 0.2) is 84.9 Å². The molecule has 202 valence electrons. The maximum atomic E-state index is 13.9. The molecule has 1 N–H and O–H groups in total. The fourth-order valence-corrected chi connectivity index (χ4v) is 5.11. The Morgan fingerprint density at radius 1 is 0.842 bits per heavy atom. The van der Waals surface area contributed by atoms with Gasteiger partial charge in [-0.05, 0) is 41.7 Å². The highest BCUT2D eigenvalue weighted by Gasteiger charge is 2.32. The zero-order valence-electron chi connectivity index (χ0n) is 22.5. The maximum Gasteiger partial charge on any atom is 0.244 e. The van der Waals surface area contributed by atoms with Gasteiger partial charge in [0.1, 0.15) is 12.6 Å². The molecule has 0 saturated heterocycles. The van der Waals surface area contributed by atoms with Crippen molar-refractivity contribution in [3.05, 3.63) is 102 Å². The van der Waals surface area contributed by atoms with E-state index in [4.69, 9.17) is 0 Å². The minimum atomic E-state index is -3.78. The first-order chi connectivity index (χ1) is 18.1. The number of carbonyl (C=O) groups is 2. The van der Waals surface area contributed by atoms with Gasteiger partial charge in [-0.2, -0.15) is 0 Å². The number of anilines is 1. The second-order valence-corrected chi connectivity index (χ2v) is 11.5. The monoisotopic (exact) mass is 535 g/mol. The third-order valence-electron chi connectivity index (χ3n) is 6.34. The summed E-state index contributed by atoms with van der Waals surface area (Å²) in [6.07, 6.45) is 1.39. The number of likely N-dealkylation sites (N-methyl/N-ethyl adjacent to an activating group) is 1. The lowest BCUT2D eigenvalue weighted by molar-refractivity contribution is -0.140. The summed E-state index contributed by atoms with van der Waals surface area (Å²) in [6.45, 7) is 6.10. The lowest BCUT2D eigenvalue weighted by Crippen LogP contribution is -2.53. The Bertz CT molecular complexity index is 1290. The van der Waals surface area contributed by atoms with E-state index in [2.05, 4.69) is 19.2 Å². The smallest absolute Gasteiger partial charge is 0.244 e. The second kappa shape index (κ2) is 13.2. The number of hydrogen-bond acceptors (Lipinski definition) is 4. The Morgan fingerprint density at radius 2 is 1.39 bits per heavy atom. The van der Waals surface area contributed by atoms with Crippen molar-refractivity contribution in [2.75, 3.05) is 23.7 Å². The van der Waals surface area contributed by atoms with Crippen molar-refractivity contribution in [3.8, 4) is 0 Å². The molecule has 3 aromatic rings. The van der Waals surface area contributed by atoms with Gasteiger partial charge in [0, 0.05) is 19.5 Å². The lowest BCUT2D eigenvalue weighted by atomic mass is 10.0. The van der Waals surface area contributed by atoms with Gasteiger partial charge in [0.05, 0.1) is 11.9 Å². The summed E-state index contributed by atoms with van der Waals surface area (Å²) in [4.78, 5) is 28.7. The molecule has 38 heavy (non-hydrogen) atoms. The van der Waals surface area contributed by atoms with E-state index < -0.39 is 28.5 Å². The van der Waals surface area contributed by atoms with Crippen LogP contribution in [0.4, 0.5) is 5.69 Å². The summed E-state index contributed by atoms with van der Waals surface area (Å²) in [5, 5.41) is 2.85. The maximum absolute atomic E-state index is 13.9. The van der Waals surface area contributed by atoms with Crippen LogP contribution in [0.25, 0.3) is 0 Å². The molecule has 0 aliphatic heterocycles. The first-order valence-corrected chi connectivity index (χ1v) is 14.7. The van der Waals surface area contributed by atoms with Crippen LogP contribution in [0, 0.1) is 0 Å². The van der Waals surface area contributed by atoms with Crippen molar-refractivity contribution < 1.29 is 18.0 Å². The molecule has 0 aromatic heterocycles. The van der Waals surface area contributed by atoms with Gasteiger partial charge in [0.15, 0.2) is 0 Å². The highest BCUT2D eigenvalue weighted by molar-refractivity contribution is 7.92. The van der Waals surface area contributed by atoms with Crippen LogP contribution in [0.5, 0.6) is 0 Å². The standard InChI is InChI=1S/C30H37N3O4S/c1-5-31-30(35)28(20-24-12-8-6-9-13-24)32(21-25-14-10-7-11-15-25)29(34)22-33(38(4,36)37)27-18-16-26(17-19-27)23(2)3/h6-19,23,28H,5,20-22H2,1-4H3,(H,31,35)/t28-/m1/s1. The SMILES string of the molecule is CCNC(=O)[C@@H](Cc1ccccc1)N(Cc1ccccc1)C(=O)CN(c1ccc(C(C)C)cc1)S(C)(=O)=O. The van der Waals surface area contributed by atoms with Gasteiger partial charge in [-0.3, -0.25) is 13.9 Å². The minimum Gasteiger partial charge on any atom is -0.355 e. The largest absolute Gasteiger partial charge is 0.355 e. The summed E-state index contributed by atoms with van der Waals surface area (Å²) in [5.41, 5.74) is 3.22. The van der Waals surface area contributed by atoms with E-state index in [1.54, 1.807) is 12.1 Å². The van der Waals surface area contributed by atoms with Crippen LogP contribution >= 0.6 is 0 Å². The summed E-state index contributed by atoms with van der Waals surface area (Å²) in [7, 11) is -3.78. The summed E-state index contributed by atoms with van der Waals surface area (Å²) >= 11 is 0. The number of sulfonamides is 1. The molecule has 1 atom stereocenters. The Balaban J connectivity index is 2.00. The molecular weight excluding hydrogens is 498 g/mol. The fraction of sp³-hybridized carbons (Fsp3) is 0.333. The quantitative estimate of drug-likeness (QED) is 0.374. The van der Waals surface area contributed by atoms with Gasteiger partial charge >= 0.3 is 0 Å². The molecule has 7 nitrogen and oxygen atoms in total. The van der Waals surface area contributed by atoms with Crippen molar-refractivity contribution in [2.24, 2.45) is 0 Å². The molecule has 0 saturated carbocycles. The highest BCUT2D eigenvalue weighted by atomic mass is 32.2. The third-order valence-corrected chi connectivity index (χ3v) is 7.49. The van der Waals surface area contributed by atoms with Crippen molar-refractivity contribution in [3.63, 3.8) is 0 Å². The van der Waals surface area contributed by atoms with Crippen LogP contribution in [0.3, 0.4) is 0 Å². The van der Waals surface area contributed by atoms with Crippen molar-refractivity contribution in [1.82, 2.24) is 10.2 Å². The number of rotatable bonds is 12. The molecule has 0 radical (unpaired) electrons. The van der Waals surface area contributed by atoms with E-state index in [1.165, 1.54) is 4.90 Å². The van der Waals surface area contributed by atoms with Crippen molar-refractivity contribution in [2.45, 2.75) is 45.7 Å². The summed E-state index contributed by atoms with van der Waals surface area (Å²) in [5.74, 6) is -0.457. The Morgan fingerprint density at radius 3 is 1.89 bits per heavy atom. The number of nitrogens with one attached hydrogen (secondary N) is 1. The topological polar surface area (TPSA) is 86.8 Å². The number of amides is 2. The lowest BCUT2D eigenvalue weighted by Gasteiger charge is -2.33. The number of carbonyl (C=O) groups excluding carboxylic acids is 2. The molecule has 0 aliphatic rings. The molecule has 0 fully saturated rings. The molecule has 0 bridgehead atoms. The van der Waals surface area contributed by atoms with Crippen LogP contribution < -0.4 is 9.62 Å². The number of benzene rings is 3. The molecule has 0 unspecified atom stereocenters. The van der Waals surface area contributed by atoms with E-state index in [0.717, 1.165) is 27.3 Å². The van der Waals surface area contributed by atoms with Gasteiger partial charge in [-0.25, -0.2) is 8.42 Å². The van der Waals surface area contributed by atoms with Gasteiger partial charge < -0.3 is 10.2 Å². The van der Waals surface area contributed by atoms with Gasteiger partial charge in [0.2, 0.25) is 21.8 Å². The van der Waals surface area contributed by atoms with Crippen LogP contribution in [-0.2, 0) is 32.6 Å². The molecule has 0 spiro atoms. The van der Waals surface area contributed by atoms with Gasteiger partial charge in [0.25, 0.3) is 0 Å². The molecule has 0 aliphatic carbocycles. The fourth-order valence-electron chi connectivity index (χ4n) is 4.27. The normalized spacial score (nSPS) is 12.1. The molecular formula is C30H37N3O4S. The predicted molar refractivity (Wildman–Crippen MR) is 152 cm³/mol. The molecule has 0 heterocycles. The predicted octanol–water partition coefficient (Wildman–Crippen LogP) is 4.35. The highest BCUT2D eigenvalue weighted by Crippen LogP contribution is 2.23. The van der Waals surface area contributed by atoms with E-state index in [9.17, 15) is 18.0 Å². The Kier molecular flexibility index (Phi) is 10.1. The van der Waals surface area contributed by atoms with E-state index in [-0.39, 0.29) is 18.4 Å². The first-order valence-electron chi connectivity index (χ1n) is 12.8. The van der Waals surface area contributed by atoms with E-state index >= 15 is 0 Å². The number of hydrogen-bond donors (Lipinski definition) is 1. The first kappa shape index (κ1) is 28.9. The average Bonchev–Trinajstić information content (AvgIpc) is 2.90. The third kappa shape index (κ3) is 7.92. The minimum absolute atomic E-state index is 0.165. The molecule has 2 amide bonds. The van der Waals surface area contributed by atoms with E-state index in [0.29, 0.717) is 18.7 Å². The average molecular weight is 536 g/mol. The Hall–Kier alpha value is -3.65. The van der Waals surface area contributed by atoms with Crippen LogP contribution in [0.2, 0.25) is 0 Å².